The molecule has 1 rings (SSSR count). The second-order valence-electron chi connectivity index (χ2n) is 4.76. The molecule has 0 amide bonds. The molecule has 0 spiro atoms. The van der Waals surface area contributed by atoms with Crippen LogP contribution < -0.4 is 10.5 Å². The number of ether oxygens (including phenoxy) is 1. The van der Waals surface area contributed by atoms with Gasteiger partial charge in [-0.15, -0.1) is 0 Å². The molecular formula is C13H18BrNOS. The fourth-order valence-corrected chi connectivity index (χ4v) is 1.60. The van der Waals surface area contributed by atoms with Gasteiger partial charge in [-0.3, -0.25) is 0 Å². The molecule has 0 saturated carbocycles. The van der Waals surface area contributed by atoms with Crippen molar-refractivity contribution >= 4 is 33.1 Å². The first kappa shape index (κ1) is 14.5. The molecule has 2 nitrogen and oxygen atoms in total. The summed E-state index contributed by atoms with van der Waals surface area (Å²) in [6, 6.07) is 5.95. The lowest BCUT2D eigenvalue weighted by molar-refractivity contribution is 0.270. The standard InChI is InChI=1S/C13H18BrNOS/c1-9-8-10(4-5-11(9)14)16-7-6-13(2,3)12(15)17/h4-5,8H,6-7H2,1-3H3,(H2,15,17). The molecule has 0 aliphatic heterocycles. The Morgan fingerprint density at radius 1 is 1.47 bits per heavy atom. The highest BCUT2D eigenvalue weighted by Gasteiger charge is 2.21. The van der Waals surface area contributed by atoms with E-state index < -0.39 is 0 Å². The Balaban J connectivity index is 2.51. The molecule has 94 valence electrons. The Bertz CT molecular complexity index is 418. The smallest absolute Gasteiger partial charge is 0.119 e. The summed E-state index contributed by atoms with van der Waals surface area (Å²) in [7, 11) is 0. The minimum absolute atomic E-state index is 0.153. The third-order valence-corrected chi connectivity index (χ3v) is 4.23. The van der Waals surface area contributed by atoms with E-state index in [-0.39, 0.29) is 5.41 Å². The summed E-state index contributed by atoms with van der Waals surface area (Å²) < 4.78 is 6.78. The summed E-state index contributed by atoms with van der Waals surface area (Å²) in [5.41, 5.74) is 6.67. The molecule has 0 aliphatic rings. The normalized spacial score (nSPS) is 11.3. The largest absolute Gasteiger partial charge is 0.494 e. The van der Waals surface area contributed by atoms with Crippen LogP contribution in [-0.4, -0.2) is 11.6 Å². The summed E-state index contributed by atoms with van der Waals surface area (Å²) in [5, 5.41) is 0. The van der Waals surface area contributed by atoms with Gasteiger partial charge in [-0.05, 0) is 37.1 Å². The van der Waals surface area contributed by atoms with Crippen molar-refractivity contribution in [2.75, 3.05) is 6.61 Å². The van der Waals surface area contributed by atoms with Crippen molar-refractivity contribution in [1.29, 1.82) is 0 Å². The minimum Gasteiger partial charge on any atom is -0.494 e. The first-order valence-corrected chi connectivity index (χ1v) is 6.72. The van der Waals surface area contributed by atoms with Crippen molar-refractivity contribution in [2.24, 2.45) is 11.1 Å². The molecule has 17 heavy (non-hydrogen) atoms. The number of hydrogen-bond acceptors (Lipinski definition) is 2. The van der Waals surface area contributed by atoms with Gasteiger partial charge in [0, 0.05) is 9.89 Å². The summed E-state index contributed by atoms with van der Waals surface area (Å²) in [5.74, 6) is 0.879. The van der Waals surface area contributed by atoms with Gasteiger partial charge < -0.3 is 10.5 Å². The molecule has 0 aliphatic carbocycles. The van der Waals surface area contributed by atoms with Gasteiger partial charge in [-0.25, -0.2) is 0 Å². The molecule has 4 heteroatoms. The molecular weight excluding hydrogens is 298 g/mol. The number of hydrogen-bond donors (Lipinski definition) is 1. The van der Waals surface area contributed by atoms with Gasteiger partial charge in [0.25, 0.3) is 0 Å². The number of aryl methyl sites for hydroxylation is 1. The lowest BCUT2D eigenvalue weighted by atomic mass is 9.90. The molecule has 0 atom stereocenters. The predicted octanol–water partition coefficient (Wildman–Crippen LogP) is 3.84. The Kier molecular flexibility index (Phi) is 4.95. The molecule has 0 radical (unpaired) electrons. The topological polar surface area (TPSA) is 35.2 Å². The quantitative estimate of drug-likeness (QED) is 0.838. The van der Waals surface area contributed by atoms with E-state index in [1.165, 1.54) is 0 Å². The number of rotatable bonds is 5. The van der Waals surface area contributed by atoms with Crippen LogP contribution in [0.4, 0.5) is 0 Å². The zero-order chi connectivity index (χ0) is 13.1. The maximum Gasteiger partial charge on any atom is 0.119 e. The molecule has 0 saturated heterocycles. The second kappa shape index (κ2) is 5.83. The van der Waals surface area contributed by atoms with Crippen molar-refractivity contribution in [3.63, 3.8) is 0 Å². The highest BCUT2D eigenvalue weighted by atomic mass is 79.9. The van der Waals surface area contributed by atoms with Crippen molar-refractivity contribution < 1.29 is 4.74 Å². The van der Waals surface area contributed by atoms with Crippen LogP contribution in [0.15, 0.2) is 22.7 Å². The fourth-order valence-electron chi connectivity index (χ4n) is 1.25. The molecule has 2 N–H and O–H groups in total. The first-order valence-electron chi connectivity index (χ1n) is 5.52. The summed E-state index contributed by atoms with van der Waals surface area (Å²) in [6.45, 7) is 6.72. The highest BCUT2D eigenvalue weighted by Crippen LogP contribution is 2.24. The molecule has 0 heterocycles. The molecule has 0 bridgehead atoms. The van der Waals surface area contributed by atoms with E-state index in [1.54, 1.807) is 0 Å². The van der Waals surface area contributed by atoms with Crippen LogP contribution in [-0.2, 0) is 0 Å². The van der Waals surface area contributed by atoms with Gasteiger partial charge in [-0.2, -0.15) is 0 Å². The third kappa shape index (κ3) is 4.28. The van der Waals surface area contributed by atoms with Crippen molar-refractivity contribution in [1.82, 2.24) is 0 Å². The molecule has 0 unspecified atom stereocenters. The highest BCUT2D eigenvalue weighted by molar-refractivity contribution is 9.10. The zero-order valence-electron chi connectivity index (χ0n) is 10.4. The minimum atomic E-state index is -0.153. The van der Waals surface area contributed by atoms with Crippen molar-refractivity contribution in [3.05, 3.63) is 28.2 Å². The average molecular weight is 316 g/mol. The summed E-state index contributed by atoms with van der Waals surface area (Å²) in [6.07, 6.45) is 0.817. The van der Waals surface area contributed by atoms with E-state index in [4.69, 9.17) is 22.7 Å². The van der Waals surface area contributed by atoms with Crippen LogP contribution in [0.5, 0.6) is 5.75 Å². The molecule has 1 aromatic carbocycles. The van der Waals surface area contributed by atoms with E-state index in [2.05, 4.69) is 15.9 Å². The predicted molar refractivity (Wildman–Crippen MR) is 79.6 cm³/mol. The SMILES string of the molecule is Cc1cc(OCCC(C)(C)C(N)=S)ccc1Br. The maximum absolute atomic E-state index is 5.69. The number of nitrogens with two attached hydrogens (primary N) is 1. The van der Waals surface area contributed by atoms with Crippen molar-refractivity contribution in [2.45, 2.75) is 27.2 Å². The number of halogens is 1. The molecule has 1 aromatic rings. The van der Waals surface area contributed by atoms with E-state index in [9.17, 15) is 0 Å². The van der Waals surface area contributed by atoms with Crippen LogP contribution in [0.1, 0.15) is 25.8 Å². The summed E-state index contributed by atoms with van der Waals surface area (Å²) in [4.78, 5) is 0.535. The van der Waals surface area contributed by atoms with Gasteiger partial charge in [0.2, 0.25) is 0 Å². The van der Waals surface area contributed by atoms with Crippen LogP contribution in [0.25, 0.3) is 0 Å². The Morgan fingerprint density at radius 2 is 2.12 bits per heavy atom. The lowest BCUT2D eigenvalue weighted by Crippen LogP contribution is -2.31. The average Bonchev–Trinajstić information content (AvgIpc) is 2.23. The number of thiocarbonyl (C=S) groups is 1. The van der Waals surface area contributed by atoms with Gasteiger partial charge >= 0.3 is 0 Å². The summed E-state index contributed by atoms with van der Waals surface area (Å²) >= 11 is 8.47. The van der Waals surface area contributed by atoms with Crippen LogP contribution in [0.2, 0.25) is 0 Å². The van der Waals surface area contributed by atoms with Gasteiger partial charge in [0.05, 0.1) is 11.6 Å². The Morgan fingerprint density at radius 3 is 2.65 bits per heavy atom. The van der Waals surface area contributed by atoms with Crippen LogP contribution in [0, 0.1) is 12.3 Å². The van der Waals surface area contributed by atoms with Gasteiger partial charge in [-0.1, -0.05) is 42.0 Å². The monoisotopic (exact) mass is 315 g/mol. The van der Waals surface area contributed by atoms with E-state index in [0.717, 1.165) is 22.2 Å². The Hall–Kier alpha value is -0.610. The maximum atomic E-state index is 5.69. The van der Waals surface area contributed by atoms with E-state index in [1.807, 2.05) is 39.0 Å². The van der Waals surface area contributed by atoms with E-state index in [0.29, 0.717) is 11.6 Å². The van der Waals surface area contributed by atoms with E-state index >= 15 is 0 Å². The second-order valence-corrected chi connectivity index (χ2v) is 6.05. The number of benzene rings is 1. The van der Waals surface area contributed by atoms with Crippen LogP contribution >= 0.6 is 28.1 Å². The molecule has 0 fully saturated rings. The fraction of sp³-hybridized carbons (Fsp3) is 0.462. The Labute approximate surface area is 117 Å². The van der Waals surface area contributed by atoms with Gasteiger partial charge in [0.1, 0.15) is 5.75 Å². The van der Waals surface area contributed by atoms with Crippen molar-refractivity contribution in [3.8, 4) is 5.75 Å². The van der Waals surface area contributed by atoms with Crippen LogP contribution in [0.3, 0.4) is 0 Å². The zero-order valence-corrected chi connectivity index (χ0v) is 12.8. The lowest BCUT2D eigenvalue weighted by Gasteiger charge is -2.22. The molecule has 0 aromatic heterocycles. The van der Waals surface area contributed by atoms with Gasteiger partial charge in [0.15, 0.2) is 0 Å². The third-order valence-electron chi connectivity index (χ3n) is 2.79. The first-order chi connectivity index (χ1) is 7.83.